The fourth-order valence-electron chi connectivity index (χ4n) is 2.72. The first-order valence-corrected chi connectivity index (χ1v) is 7.54. The first-order chi connectivity index (χ1) is 11.1. The molecule has 2 heterocycles. The largest absolute Gasteiger partial charge is 0.379 e. The molecule has 0 fully saturated rings. The number of hydrogen-bond donors (Lipinski definition) is 3. The summed E-state index contributed by atoms with van der Waals surface area (Å²) in [7, 11) is 1.46. The van der Waals surface area contributed by atoms with E-state index in [1.54, 1.807) is 24.4 Å². The molecule has 0 spiro atoms. The first-order valence-electron chi connectivity index (χ1n) is 7.16. The SMILES string of the molecule is COC(O)C1=C2NC(Cc3ccc(Cl)c(C#N)c3)=CC2NC=C1. The van der Waals surface area contributed by atoms with E-state index in [-0.39, 0.29) is 6.04 Å². The molecule has 0 aromatic heterocycles. The van der Waals surface area contributed by atoms with Crippen LogP contribution in [0, 0.1) is 11.3 Å². The molecule has 5 nitrogen and oxygen atoms in total. The zero-order chi connectivity index (χ0) is 16.4. The second kappa shape index (κ2) is 6.47. The number of dihydropyridines is 1. The second-order valence-corrected chi connectivity index (χ2v) is 5.76. The smallest absolute Gasteiger partial charge is 0.182 e. The summed E-state index contributed by atoms with van der Waals surface area (Å²) < 4.78 is 5.00. The van der Waals surface area contributed by atoms with Crippen LogP contribution < -0.4 is 10.6 Å². The molecule has 1 aromatic carbocycles. The maximum Gasteiger partial charge on any atom is 0.182 e. The van der Waals surface area contributed by atoms with Crippen LogP contribution in [0.3, 0.4) is 0 Å². The third kappa shape index (κ3) is 3.10. The maximum atomic E-state index is 9.93. The number of aliphatic hydroxyl groups is 1. The molecule has 2 aliphatic heterocycles. The van der Waals surface area contributed by atoms with Gasteiger partial charge in [0.1, 0.15) is 6.07 Å². The average molecular weight is 330 g/mol. The number of nitrogens with zero attached hydrogens (tertiary/aromatic N) is 1. The topological polar surface area (TPSA) is 77.3 Å². The lowest BCUT2D eigenvalue weighted by molar-refractivity contribution is -0.0432. The van der Waals surface area contributed by atoms with E-state index in [0.717, 1.165) is 17.0 Å². The summed E-state index contributed by atoms with van der Waals surface area (Å²) in [5.41, 5.74) is 4.04. The number of benzene rings is 1. The Morgan fingerprint density at radius 2 is 2.30 bits per heavy atom. The number of rotatable bonds is 4. The van der Waals surface area contributed by atoms with Gasteiger partial charge in [-0.05, 0) is 36.0 Å². The van der Waals surface area contributed by atoms with E-state index in [0.29, 0.717) is 22.6 Å². The summed E-state index contributed by atoms with van der Waals surface area (Å²) in [4.78, 5) is 0. The lowest BCUT2D eigenvalue weighted by atomic mass is 10.1. The number of aliphatic hydroxyl groups excluding tert-OH is 1. The third-order valence-corrected chi connectivity index (χ3v) is 4.19. The van der Waals surface area contributed by atoms with Gasteiger partial charge in [0.2, 0.25) is 0 Å². The Hall–Kier alpha value is -2.26. The van der Waals surface area contributed by atoms with E-state index in [9.17, 15) is 5.11 Å². The molecule has 0 radical (unpaired) electrons. The highest BCUT2D eigenvalue weighted by molar-refractivity contribution is 6.31. The number of allylic oxidation sites excluding steroid dienone is 1. The molecule has 0 saturated heterocycles. The fourth-order valence-corrected chi connectivity index (χ4v) is 2.88. The standard InChI is InChI=1S/C17H16ClN3O2/c1-23-17(22)13-4-5-20-15-8-12(21-16(13)15)7-10-2-3-14(18)11(6-10)9-19/h2-6,8,15,17,20-22H,7H2,1H3. The normalized spacial score (nSPS) is 20.3. The van der Waals surface area contributed by atoms with Crippen LogP contribution in [-0.4, -0.2) is 24.5 Å². The highest BCUT2D eigenvalue weighted by atomic mass is 35.5. The molecule has 23 heavy (non-hydrogen) atoms. The Morgan fingerprint density at radius 1 is 1.48 bits per heavy atom. The van der Waals surface area contributed by atoms with Gasteiger partial charge in [-0.25, -0.2) is 0 Å². The fraction of sp³-hybridized carbons (Fsp3) is 0.235. The first kappa shape index (κ1) is 15.6. The van der Waals surface area contributed by atoms with Crippen LogP contribution in [0.25, 0.3) is 0 Å². The maximum absolute atomic E-state index is 9.93. The summed E-state index contributed by atoms with van der Waals surface area (Å²) in [5.74, 6) is 0. The van der Waals surface area contributed by atoms with Crippen molar-refractivity contribution < 1.29 is 9.84 Å². The van der Waals surface area contributed by atoms with Crippen molar-refractivity contribution in [2.45, 2.75) is 18.8 Å². The minimum Gasteiger partial charge on any atom is -0.379 e. The molecule has 2 atom stereocenters. The molecule has 3 rings (SSSR count). The molecule has 0 amide bonds. The molecule has 3 N–H and O–H groups in total. The summed E-state index contributed by atoms with van der Waals surface area (Å²) in [6.45, 7) is 0. The lowest BCUT2D eigenvalue weighted by Gasteiger charge is -2.22. The molecule has 1 aromatic rings. The minimum absolute atomic E-state index is 0.0162. The van der Waals surface area contributed by atoms with Crippen molar-refractivity contribution in [1.29, 1.82) is 5.26 Å². The van der Waals surface area contributed by atoms with E-state index in [2.05, 4.69) is 22.8 Å². The Bertz CT molecular complexity index is 762. The molecular formula is C17H16ClN3O2. The predicted octanol–water partition coefficient (Wildman–Crippen LogP) is 1.95. The zero-order valence-electron chi connectivity index (χ0n) is 12.5. The van der Waals surface area contributed by atoms with Crippen molar-refractivity contribution in [1.82, 2.24) is 10.6 Å². The molecule has 2 aliphatic rings. The van der Waals surface area contributed by atoms with Crippen LogP contribution in [0.2, 0.25) is 5.02 Å². The lowest BCUT2D eigenvalue weighted by Crippen LogP contribution is -2.32. The van der Waals surface area contributed by atoms with Gasteiger partial charge < -0.3 is 20.5 Å². The summed E-state index contributed by atoms with van der Waals surface area (Å²) in [5, 5.41) is 26.0. The molecule has 0 saturated carbocycles. The Morgan fingerprint density at radius 3 is 3.04 bits per heavy atom. The minimum atomic E-state index is -0.966. The average Bonchev–Trinajstić information content (AvgIpc) is 2.98. The quantitative estimate of drug-likeness (QED) is 0.736. The van der Waals surface area contributed by atoms with Gasteiger partial charge in [-0.3, -0.25) is 0 Å². The van der Waals surface area contributed by atoms with Crippen LogP contribution in [0.1, 0.15) is 11.1 Å². The summed E-state index contributed by atoms with van der Waals surface area (Å²) >= 11 is 5.96. The van der Waals surface area contributed by atoms with E-state index in [1.165, 1.54) is 7.11 Å². The molecule has 2 unspecified atom stereocenters. The Balaban J connectivity index is 1.81. The van der Waals surface area contributed by atoms with Crippen molar-refractivity contribution in [2.24, 2.45) is 0 Å². The summed E-state index contributed by atoms with van der Waals surface area (Å²) in [6, 6.07) is 7.50. The van der Waals surface area contributed by atoms with Crippen molar-refractivity contribution in [3.8, 4) is 6.07 Å². The molecule has 6 heteroatoms. The van der Waals surface area contributed by atoms with E-state index in [1.807, 2.05) is 6.07 Å². The number of halogens is 1. The van der Waals surface area contributed by atoms with Crippen molar-refractivity contribution >= 4 is 11.6 Å². The predicted molar refractivity (Wildman–Crippen MR) is 87.2 cm³/mol. The van der Waals surface area contributed by atoms with Gasteiger partial charge in [0, 0.05) is 24.8 Å². The van der Waals surface area contributed by atoms with Crippen molar-refractivity contribution in [3.05, 3.63) is 69.7 Å². The van der Waals surface area contributed by atoms with Gasteiger partial charge >= 0.3 is 0 Å². The molecule has 118 valence electrons. The van der Waals surface area contributed by atoms with Crippen LogP contribution >= 0.6 is 11.6 Å². The zero-order valence-corrected chi connectivity index (χ0v) is 13.3. The second-order valence-electron chi connectivity index (χ2n) is 5.35. The number of hydrogen-bond acceptors (Lipinski definition) is 5. The summed E-state index contributed by atoms with van der Waals surface area (Å²) in [6.07, 6.45) is 5.32. The number of nitrogens with one attached hydrogen (secondary N) is 2. The van der Waals surface area contributed by atoms with Crippen LogP contribution in [0.15, 0.2) is 53.5 Å². The van der Waals surface area contributed by atoms with E-state index in [4.69, 9.17) is 21.6 Å². The van der Waals surface area contributed by atoms with Gasteiger partial charge in [-0.15, -0.1) is 0 Å². The van der Waals surface area contributed by atoms with Crippen LogP contribution in [0.5, 0.6) is 0 Å². The van der Waals surface area contributed by atoms with Gasteiger partial charge in [0.15, 0.2) is 6.29 Å². The monoisotopic (exact) mass is 329 g/mol. The van der Waals surface area contributed by atoms with Crippen LogP contribution in [-0.2, 0) is 11.2 Å². The van der Waals surface area contributed by atoms with Gasteiger partial charge in [-0.1, -0.05) is 17.7 Å². The van der Waals surface area contributed by atoms with Gasteiger partial charge in [0.25, 0.3) is 0 Å². The molecule has 0 bridgehead atoms. The third-order valence-electron chi connectivity index (χ3n) is 3.86. The Kier molecular flexibility index (Phi) is 4.39. The van der Waals surface area contributed by atoms with Crippen LogP contribution in [0.4, 0.5) is 0 Å². The molecule has 0 aliphatic carbocycles. The number of fused-ring (bicyclic) bond motifs is 1. The van der Waals surface area contributed by atoms with E-state index >= 15 is 0 Å². The molecular weight excluding hydrogens is 314 g/mol. The van der Waals surface area contributed by atoms with Crippen molar-refractivity contribution in [3.63, 3.8) is 0 Å². The highest BCUT2D eigenvalue weighted by Crippen LogP contribution is 2.26. The van der Waals surface area contributed by atoms with E-state index < -0.39 is 6.29 Å². The Labute approximate surface area is 139 Å². The van der Waals surface area contributed by atoms with Gasteiger partial charge in [0.05, 0.1) is 22.3 Å². The number of ether oxygens (including phenoxy) is 1. The number of methoxy groups -OCH3 is 1. The number of nitriles is 1. The highest BCUT2D eigenvalue weighted by Gasteiger charge is 2.27. The van der Waals surface area contributed by atoms with Crippen molar-refractivity contribution in [2.75, 3.05) is 7.11 Å². The van der Waals surface area contributed by atoms with Gasteiger partial charge in [-0.2, -0.15) is 5.26 Å².